The van der Waals surface area contributed by atoms with Crippen molar-refractivity contribution in [3.8, 4) is 0 Å². The van der Waals surface area contributed by atoms with Gasteiger partial charge in [-0.3, -0.25) is 14.6 Å². The molecule has 1 aromatic carbocycles. The van der Waals surface area contributed by atoms with E-state index in [1.54, 1.807) is 4.57 Å². The van der Waals surface area contributed by atoms with Crippen LogP contribution in [0.4, 0.5) is 5.95 Å². The predicted molar refractivity (Wildman–Crippen MR) is 129 cm³/mol. The van der Waals surface area contributed by atoms with Gasteiger partial charge >= 0.3 is 0 Å². The van der Waals surface area contributed by atoms with Gasteiger partial charge in [-0.05, 0) is 18.4 Å². The summed E-state index contributed by atoms with van der Waals surface area (Å²) in [5.74, 6) is 0.279. The molecule has 34 heavy (non-hydrogen) atoms. The summed E-state index contributed by atoms with van der Waals surface area (Å²) in [5, 5.41) is 0. The van der Waals surface area contributed by atoms with Crippen LogP contribution in [-0.4, -0.2) is 44.9 Å². The van der Waals surface area contributed by atoms with Crippen LogP contribution in [0.2, 0.25) is 0 Å². The van der Waals surface area contributed by atoms with Crippen molar-refractivity contribution < 1.29 is 18.6 Å². The zero-order valence-corrected chi connectivity index (χ0v) is 19.9. The highest BCUT2D eigenvalue weighted by Crippen LogP contribution is 2.40. The Balaban J connectivity index is 1.30. The monoisotopic (exact) mass is 487 g/mol. The third kappa shape index (κ3) is 6.70. The summed E-state index contributed by atoms with van der Waals surface area (Å²) in [6.45, 7) is 1.18. The van der Waals surface area contributed by atoms with Crippen LogP contribution in [0.5, 0.6) is 0 Å². The smallest absolute Gasteiger partial charge is 0.280 e. The Hall–Kier alpha value is -2.65. The molecule has 1 aliphatic carbocycles. The number of nitrogens with one attached hydrogen (secondary N) is 1. The number of nitrogens with two attached hydrogens (primary N) is 1. The number of hydrogen-bond acceptors (Lipinski definition) is 8. The Labute approximate surface area is 198 Å². The van der Waals surface area contributed by atoms with Crippen LogP contribution < -0.4 is 11.3 Å². The zero-order valence-electron chi connectivity index (χ0n) is 19.0. The largest absolute Gasteiger partial charge is 0.370 e. The average molecular weight is 487 g/mol. The summed E-state index contributed by atoms with van der Waals surface area (Å²) in [5.41, 5.74) is 6.92. The standard InChI is InChI=1S/C23H30N5O5P/c24-23-26-21-20(22(30)27-23)25-15-28(21)11-12-31-16-34(32-13-17-7-3-1-4-8-17)33-14-19(29)18-9-5-2-6-10-18/h1,3-4,7-8,15,18H,2,5-6,9-14,16H2,(H3,24,26,27,30). The molecule has 182 valence electrons. The Morgan fingerprint density at radius 2 is 1.97 bits per heavy atom. The highest BCUT2D eigenvalue weighted by Gasteiger charge is 2.23. The third-order valence-corrected chi connectivity index (χ3v) is 7.02. The maximum absolute atomic E-state index is 12.6. The summed E-state index contributed by atoms with van der Waals surface area (Å²) in [6, 6.07) is 9.81. The van der Waals surface area contributed by atoms with Crippen LogP contribution in [-0.2, 0) is 31.7 Å². The second-order valence-corrected chi connectivity index (χ2v) is 9.71. The van der Waals surface area contributed by atoms with Crippen molar-refractivity contribution in [2.45, 2.75) is 45.3 Å². The molecule has 4 rings (SSSR count). The number of benzene rings is 1. The molecule has 1 aliphatic rings. The van der Waals surface area contributed by atoms with Crippen LogP contribution in [0.1, 0.15) is 37.7 Å². The first-order valence-corrected chi connectivity index (χ1v) is 12.8. The lowest BCUT2D eigenvalue weighted by molar-refractivity contribution is -0.125. The molecule has 2 heterocycles. The number of Topliss-reactive ketones (excluding diaryl/α,β-unsaturated/α-hetero) is 1. The number of carbonyl (C=O) groups is 1. The van der Waals surface area contributed by atoms with Crippen molar-refractivity contribution in [3.63, 3.8) is 0 Å². The summed E-state index contributed by atoms with van der Waals surface area (Å²) in [6.07, 6.45) is 7.06. The first-order chi connectivity index (χ1) is 16.6. The average Bonchev–Trinajstić information content (AvgIpc) is 3.27. The van der Waals surface area contributed by atoms with Crippen molar-refractivity contribution in [1.82, 2.24) is 19.5 Å². The summed E-state index contributed by atoms with van der Waals surface area (Å²) < 4.78 is 19.4. The molecule has 0 bridgehead atoms. The number of rotatable bonds is 12. The minimum absolute atomic E-state index is 0.0361. The van der Waals surface area contributed by atoms with Gasteiger partial charge in [-0.2, -0.15) is 4.98 Å². The summed E-state index contributed by atoms with van der Waals surface area (Å²) >= 11 is 0. The first-order valence-electron chi connectivity index (χ1n) is 11.5. The van der Waals surface area contributed by atoms with E-state index in [4.69, 9.17) is 19.5 Å². The Bertz CT molecular complexity index is 1130. The van der Waals surface area contributed by atoms with E-state index in [1.165, 1.54) is 12.7 Å². The quantitative estimate of drug-likeness (QED) is 0.293. The van der Waals surface area contributed by atoms with Gasteiger partial charge in [0.05, 0.1) is 19.5 Å². The zero-order chi connectivity index (χ0) is 23.8. The minimum Gasteiger partial charge on any atom is -0.370 e. The number of imidazole rings is 1. The van der Waals surface area contributed by atoms with Gasteiger partial charge in [0.25, 0.3) is 5.56 Å². The van der Waals surface area contributed by atoms with Crippen LogP contribution in [0.15, 0.2) is 41.5 Å². The molecule has 1 atom stereocenters. The van der Waals surface area contributed by atoms with Gasteiger partial charge in [-0.25, -0.2) is 4.98 Å². The second-order valence-electron chi connectivity index (χ2n) is 8.27. The molecule has 0 radical (unpaired) electrons. The number of aromatic nitrogens is 4. The van der Waals surface area contributed by atoms with E-state index in [2.05, 4.69) is 15.0 Å². The molecule has 0 saturated heterocycles. The van der Waals surface area contributed by atoms with E-state index in [0.29, 0.717) is 25.4 Å². The highest BCUT2D eigenvalue weighted by atomic mass is 31.2. The van der Waals surface area contributed by atoms with Crippen molar-refractivity contribution in [2.24, 2.45) is 5.92 Å². The maximum atomic E-state index is 12.6. The summed E-state index contributed by atoms with van der Waals surface area (Å²) in [4.78, 5) is 35.2. The molecule has 3 aromatic rings. The molecule has 0 aliphatic heterocycles. The van der Waals surface area contributed by atoms with Gasteiger partial charge in [0.2, 0.25) is 5.95 Å². The van der Waals surface area contributed by atoms with Crippen molar-refractivity contribution in [1.29, 1.82) is 0 Å². The van der Waals surface area contributed by atoms with Gasteiger partial charge in [-0.15, -0.1) is 0 Å². The fraction of sp³-hybridized carbons (Fsp3) is 0.478. The van der Waals surface area contributed by atoms with Crippen molar-refractivity contribution in [2.75, 3.05) is 25.3 Å². The van der Waals surface area contributed by atoms with Gasteiger partial charge in [0.1, 0.15) is 13.0 Å². The van der Waals surface area contributed by atoms with E-state index < -0.39 is 8.38 Å². The van der Waals surface area contributed by atoms with E-state index in [9.17, 15) is 9.59 Å². The normalized spacial score (nSPS) is 15.5. The number of ketones is 1. The number of fused-ring (bicyclic) bond motifs is 1. The molecular formula is C23H30N5O5P. The lowest BCUT2D eigenvalue weighted by Gasteiger charge is -2.22. The molecule has 11 heteroatoms. The number of anilines is 1. The van der Waals surface area contributed by atoms with Crippen LogP contribution in [0.3, 0.4) is 0 Å². The SMILES string of the molecule is Nc1nc2c(ncn2CCOCP(OCC(=O)C2CCCCC2)OCc2ccccc2)c(=O)[nH]1. The molecule has 0 spiro atoms. The molecule has 2 aromatic heterocycles. The summed E-state index contributed by atoms with van der Waals surface area (Å²) in [7, 11) is -1.41. The number of nitrogens with zero attached hydrogens (tertiary/aromatic N) is 3. The van der Waals surface area contributed by atoms with Crippen LogP contribution in [0.25, 0.3) is 11.2 Å². The number of hydrogen-bond donors (Lipinski definition) is 2. The fourth-order valence-corrected chi connectivity index (χ4v) is 5.01. The van der Waals surface area contributed by atoms with Gasteiger partial charge in [0, 0.05) is 12.5 Å². The Morgan fingerprint density at radius 3 is 2.76 bits per heavy atom. The van der Waals surface area contributed by atoms with Gasteiger partial charge < -0.3 is 24.1 Å². The van der Waals surface area contributed by atoms with Gasteiger partial charge in [0.15, 0.2) is 25.3 Å². The third-order valence-electron chi connectivity index (χ3n) is 5.80. The van der Waals surface area contributed by atoms with Crippen molar-refractivity contribution in [3.05, 3.63) is 52.6 Å². The molecule has 3 N–H and O–H groups in total. The highest BCUT2D eigenvalue weighted by molar-refractivity contribution is 7.47. The topological polar surface area (TPSA) is 134 Å². The van der Waals surface area contributed by atoms with E-state index in [1.807, 2.05) is 30.3 Å². The van der Waals surface area contributed by atoms with E-state index in [0.717, 1.165) is 31.2 Å². The lowest BCUT2D eigenvalue weighted by atomic mass is 9.86. The number of H-pyrrole nitrogens is 1. The second kappa shape index (κ2) is 12.2. The predicted octanol–water partition coefficient (Wildman–Crippen LogP) is 3.37. The Kier molecular flexibility index (Phi) is 8.76. The molecule has 10 nitrogen and oxygen atoms in total. The first kappa shape index (κ1) is 24.5. The number of carbonyl (C=O) groups excluding carboxylic acids is 1. The minimum atomic E-state index is -1.41. The Morgan fingerprint density at radius 1 is 1.18 bits per heavy atom. The van der Waals surface area contributed by atoms with Crippen LogP contribution in [0, 0.1) is 5.92 Å². The fourth-order valence-electron chi connectivity index (χ4n) is 3.95. The van der Waals surface area contributed by atoms with Gasteiger partial charge in [-0.1, -0.05) is 49.6 Å². The maximum Gasteiger partial charge on any atom is 0.280 e. The van der Waals surface area contributed by atoms with Crippen LogP contribution >= 0.6 is 8.38 Å². The lowest BCUT2D eigenvalue weighted by Crippen LogP contribution is -2.22. The van der Waals surface area contributed by atoms with Crippen molar-refractivity contribution >= 4 is 31.3 Å². The number of aromatic amines is 1. The van der Waals surface area contributed by atoms with E-state index >= 15 is 0 Å². The van der Waals surface area contributed by atoms with E-state index in [-0.39, 0.29) is 41.7 Å². The molecule has 1 saturated carbocycles. The molecule has 0 amide bonds. The molecule has 1 unspecified atom stereocenters. The number of nitrogen functional groups attached to an aromatic ring is 1. The molecular weight excluding hydrogens is 457 g/mol. The number of ether oxygens (including phenoxy) is 1. The molecule has 1 fully saturated rings.